The summed E-state index contributed by atoms with van der Waals surface area (Å²) in [6.07, 6.45) is -2.63. The molecule has 3 fully saturated rings. The molecule has 0 unspecified atom stereocenters. The van der Waals surface area contributed by atoms with Gasteiger partial charge in [-0.2, -0.15) is 0 Å². The second-order valence-corrected chi connectivity index (χ2v) is 11.3. The summed E-state index contributed by atoms with van der Waals surface area (Å²) in [5.41, 5.74) is -2.70. The molecular formula is C27H34AcO7. The second-order valence-electron chi connectivity index (χ2n) is 11.3. The summed E-state index contributed by atoms with van der Waals surface area (Å²) in [7, 11) is 0. The van der Waals surface area contributed by atoms with Crippen molar-refractivity contribution in [1.29, 1.82) is 0 Å². The van der Waals surface area contributed by atoms with Crippen molar-refractivity contribution in [2.75, 3.05) is 6.61 Å². The zero-order valence-corrected chi connectivity index (χ0v) is 25.5. The van der Waals surface area contributed by atoms with Crippen LogP contribution in [0.15, 0.2) is 41.5 Å². The first-order valence-corrected chi connectivity index (χ1v) is 12.1. The number of benzene rings is 1. The van der Waals surface area contributed by atoms with Crippen LogP contribution in [0.4, 0.5) is 0 Å². The summed E-state index contributed by atoms with van der Waals surface area (Å²) in [6, 6.07) is 8.58. The van der Waals surface area contributed by atoms with Crippen molar-refractivity contribution < 1.29 is 78.4 Å². The maximum atomic E-state index is 13.9. The van der Waals surface area contributed by atoms with E-state index in [0.717, 1.165) is 0 Å². The molecule has 2 bridgehead atoms. The van der Waals surface area contributed by atoms with Gasteiger partial charge in [-0.15, -0.1) is 0 Å². The van der Waals surface area contributed by atoms with Crippen LogP contribution in [0.3, 0.4) is 0 Å². The Balaban J connectivity index is 0.00000289. The molecule has 8 heteroatoms. The van der Waals surface area contributed by atoms with Gasteiger partial charge in [-0.1, -0.05) is 39.0 Å². The molecule has 35 heavy (non-hydrogen) atoms. The Bertz CT molecular complexity index is 1050. The number of carbonyl (C=O) groups is 2. The van der Waals surface area contributed by atoms with Crippen LogP contribution >= 0.6 is 0 Å². The Morgan fingerprint density at radius 1 is 1.14 bits per heavy atom. The van der Waals surface area contributed by atoms with Gasteiger partial charge >= 0.3 is 5.97 Å². The van der Waals surface area contributed by atoms with Gasteiger partial charge in [0.15, 0.2) is 5.78 Å². The van der Waals surface area contributed by atoms with E-state index in [9.17, 15) is 24.9 Å². The molecule has 1 radical (unpaired) electrons. The molecule has 0 aromatic heterocycles. The molecular weight excluding hydrogens is 663 g/mol. The number of aliphatic hydroxyl groups is 3. The standard InChI is InChI=1S/C27H34O7.Ac/c1-14-17(28)12-27(32)23(34-24(31)15-8-6-5-7-9-15)20-16-13-33-18(16)10-11-26(20,4)22(30)21(29)19(14)25(27,2)3;/h5-9,16-18,20-21,23,28-29,32H,10-13H2,1-4H3;/t16-,17+,18-,20+,21-,23+,26-,27-;/m1./s1. The molecule has 1 aromatic carbocycles. The van der Waals surface area contributed by atoms with Crippen molar-refractivity contribution in [3.8, 4) is 0 Å². The fourth-order valence-electron chi connectivity index (χ4n) is 7.21. The average molecular weight is 698 g/mol. The van der Waals surface area contributed by atoms with Crippen LogP contribution in [0.5, 0.6) is 0 Å². The van der Waals surface area contributed by atoms with E-state index in [4.69, 9.17) is 9.47 Å². The monoisotopic (exact) mass is 697 g/mol. The first-order valence-electron chi connectivity index (χ1n) is 12.1. The maximum absolute atomic E-state index is 13.9. The third-order valence-electron chi connectivity index (χ3n) is 9.44. The predicted octanol–water partition coefficient (Wildman–Crippen LogP) is 2.43. The summed E-state index contributed by atoms with van der Waals surface area (Å²) in [4.78, 5) is 27.3. The molecule has 7 nitrogen and oxygen atoms in total. The van der Waals surface area contributed by atoms with E-state index in [1.807, 2.05) is 6.92 Å². The number of ether oxygens (including phenoxy) is 2. The number of rotatable bonds is 2. The molecule has 3 N–H and O–H groups in total. The van der Waals surface area contributed by atoms with Gasteiger partial charge in [0.2, 0.25) is 0 Å². The van der Waals surface area contributed by atoms with Crippen LogP contribution in [0, 0.1) is 66.7 Å². The third kappa shape index (κ3) is 3.85. The van der Waals surface area contributed by atoms with E-state index in [0.29, 0.717) is 36.2 Å². The third-order valence-corrected chi connectivity index (χ3v) is 9.44. The summed E-state index contributed by atoms with van der Waals surface area (Å²) in [5.74, 6) is -1.60. The fraction of sp³-hybridized carbons (Fsp3) is 0.630. The minimum absolute atomic E-state index is 0. The quantitative estimate of drug-likeness (QED) is 0.322. The molecule has 4 aliphatic rings. The number of ketones is 1. The number of Topliss-reactive ketones (excluding diaryl/α,β-unsaturated/α-hetero) is 1. The van der Waals surface area contributed by atoms with Crippen molar-refractivity contribution >= 4 is 11.8 Å². The van der Waals surface area contributed by atoms with Crippen molar-refractivity contribution in [1.82, 2.24) is 0 Å². The average Bonchev–Trinajstić information content (AvgIpc) is 2.77. The SMILES string of the molecule is CC1=C2[C@@H](O)C(=O)[C@]3(C)CC[C@H]4OC[C@H]4[C@H]3[C@H](OC(=O)c3ccccc3)[C@](O)(C[C@@H]1O)C2(C)C.[Ac]. The predicted molar refractivity (Wildman–Crippen MR) is 123 cm³/mol. The first-order chi connectivity index (χ1) is 15.9. The second kappa shape index (κ2) is 9.29. The van der Waals surface area contributed by atoms with E-state index in [1.165, 1.54) is 0 Å². The maximum Gasteiger partial charge on any atom is 0.338 e. The Morgan fingerprint density at radius 2 is 1.80 bits per heavy atom. The number of hydrogen-bond donors (Lipinski definition) is 3. The topological polar surface area (TPSA) is 113 Å². The Kier molecular flexibility index (Phi) is 7.28. The first kappa shape index (κ1) is 27.4. The van der Waals surface area contributed by atoms with Crippen LogP contribution in [0.2, 0.25) is 0 Å². The Hall–Kier alpha value is -0.618. The van der Waals surface area contributed by atoms with E-state index >= 15 is 0 Å². The van der Waals surface area contributed by atoms with E-state index in [2.05, 4.69) is 0 Å². The number of aliphatic hydroxyl groups excluding tert-OH is 2. The molecule has 0 amide bonds. The Labute approximate surface area is 241 Å². The number of fused-ring (bicyclic) bond motifs is 5. The molecule has 5 rings (SSSR count). The van der Waals surface area contributed by atoms with E-state index in [1.54, 1.807) is 51.1 Å². The fourth-order valence-corrected chi connectivity index (χ4v) is 7.21. The van der Waals surface area contributed by atoms with Gasteiger partial charge in [0, 0.05) is 73.1 Å². The van der Waals surface area contributed by atoms with Gasteiger partial charge in [0.25, 0.3) is 0 Å². The van der Waals surface area contributed by atoms with Crippen LogP contribution in [0.1, 0.15) is 57.3 Å². The molecule has 3 aliphatic carbocycles. The number of carbonyl (C=O) groups excluding carboxylic acids is 2. The number of hydrogen-bond acceptors (Lipinski definition) is 7. The number of esters is 1. The molecule has 1 heterocycles. The molecule has 0 spiro atoms. The van der Waals surface area contributed by atoms with Gasteiger partial charge in [-0.3, -0.25) is 4.79 Å². The van der Waals surface area contributed by atoms with E-state index in [-0.39, 0.29) is 68.3 Å². The van der Waals surface area contributed by atoms with Crippen molar-refractivity contribution in [3.63, 3.8) is 0 Å². The summed E-state index contributed by atoms with van der Waals surface area (Å²) < 4.78 is 12.0. The molecule has 1 aromatic rings. The molecule has 187 valence electrons. The minimum Gasteiger partial charge on any atom is -0.455 e. The molecule has 8 atom stereocenters. The zero-order chi connectivity index (χ0) is 24.6. The van der Waals surface area contributed by atoms with Gasteiger partial charge in [0.1, 0.15) is 17.8 Å². The van der Waals surface area contributed by atoms with Gasteiger partial charge < -0.3 is 24.8 Å². The van der Waals surface area contributed by atoms with Crippen molar-refractivity contribution in [2.45, 2.75) is 77.0 Å². The van der Waals surface area contributed by atoms with Crippen LogP contribution in [-0.4, -0.2) is 63.7 Å². The van der Waals surface area contributed by atoms with E-state index < -0.39 is 46.6 Å². The van der Waals surface area contributed by atoms with Crippen molar-refractivity contribution in [3.05, 3.63) is 47.0 Å². The zero-order valence-electron chi connectivity index (χ0n) is 20.7. The van der Waals surface area contributed by atoms with Gasteiger partial charge in [-0.05, 0) is 43.0 Å². The largest absolute Gasteiger partial charge is 0.455 e. The van der Waals surface area contributed by atoms with Crippen LogP contribution < -0.4 is 0 Å². The summed E-state index contributed by atoms with van der Waals surface area (Å²) >= 11 is 0. The van der Waals surface area contributed by atoms with Crippen molar-refractivity contribution in [2.24, 2.45) is 22.7 Å². The van der Waals surface area contributed by atoms with Crippen LogP contribution in [0.25, 0.3) is 0 Å². The molecule has 2 saturated carbocycles. The summed E-state index contributed by atoms with van der Waals surface area (Å²) in [6.45, 7) is 7.44. The smallest absolute Gasteiger partial charge is 0.338 e. The summed E-state index contributed by atoms with van der Waals surface area (Å²) in [5, 5.41) is 34.8. The van der Waals surface area contributed by atoms with Gasteiger partial charge in [-0.25, -0.2) is 4.79 Å². The Morgan fingerprint density at radius 3 is 2.40 bits per heavy atom. The minimum atomic E-state index is -1.71. The van der Waals surface area contributed by atoms with Crippen LogP contribution in [-0.2, 0) is 14.3 Å². The molecule has 1 aliphatic heterocycles. The van der Waals surface area contributed by atoms with Gasteiger partial charge in [0.05, 0.1) is 24.4 Å². The normalized spacial score (nSPS) is 41.9. The molecule has 1 saturated heterocycles.